The molecule has 0 fully saturated rings. The first-order valence-electron chi connectivity index (χ1n) is 19.1. The molecule has 0 aliphatic carbocycles. The molecule has 0 radical (unpaired) electrons. The molecule has 3 aromatic carbocycles. The van der Waals surface area contributed by atoms with Crippen molar-refractivity contribution >= 4 is 80.5 Å². The number of benzene rings is 3. The second kappa shape index (κ2) is 26.0. The standard InChI is InChI=1S/C42H50O15Si3/c1-7-27(4)58-34-16-10-31(11-17-34)37(43)52-55-40(46)49-24-22-30(26-51-42(48)57-54-39(45)33-14-20-36(21-15-33)60-29(6)9-3)23-25-50-41(47)56-53-38(44)32-12-18-35(19-13-32)59-28(5)8-2/h7-21,30H,22-26,58-60H2,1-6H3. The van der Waals surface area contributed by atoms with E-state index in [1.54, 1.807) is 36.4 Å². The number of ether oxygens (including phenoxy) is 3. The van der Waals surface area contributed by atoms with Crippen molar-refractivity contribution in [3.63, 3.8) is 0 Å². The van der Waals surface area contributed by atoms with Crippen LogP contribution in [0.2, 0.25) is 0 Å². The second-order valence-corrected chi connectivity index (χ2v) is 20.4. The summed E-state index contributed by atoms with van der Waals surface area (Å²) >= 11 is 0. The molecule has 0 atom stereocenters. The van der Waals surface area contributed by atoms with E-state index < -0.39 is 70.9 Å². The molecular weight excluding hydrogens is 829 g/mol. The zero-order valence-corrected chi connectivity index (χ0v) is 38.8. The maximum absolute atomic E-state index is 12.4. The highest BCUT2D eigenvalue weighted by atomic mass is 28.2. The van der Waals surface area contributed by atoms with Gasteiger partial charge in [0.2, 0.25) is 0 Å². The number of hydrogen-bond donors (Lipinski definition) is 0. The number of carbonyl (C=O) groups excluding carboxylic acids is 6. The minimum atomic E-state index is -1.35. The predicted octanol–water partition coefficient (Wildman–Crippen LogP) is 4.31. The number of allylic oxidation sites excluding steroid dienone is 6. The first kappa shape index (κ1) is 48.1. The van der Waals surface area contributed by atoms with Gasteiger partial charge in [-0.1, -0.05) is 85.8 Å². The lowest BCUT2D eigenvalue weighted by Crippen LogP contribution is -2.22. The van der Waals surface area contributed by atoms with Gasteiger partial charge in [-0.3, -0.25) is 0 Å². The molecule has 18 heteroatoms. The van der Waals surface area contributed by atoms with Crippen molar-refractivity contribution in [2.75, 3.05) is 19.8 Å². The van der Waals surface area contributed by atoms with Gasteiger partial charge in [-0.25, -0.2) is 43.7 Å². The number of rotatable bonds is 17. The summed E-state index contributed by atoms with van der Waals surface area (Å²) in [7, 11) is -1.89. The van der Waals surface area contributed by atoms with Crippen LogP contribution in [0.5, 0.6) is 0 Å². The molecule has 0 saturated heterocycles. The monoisotopic (exact) mass is 878 g/mol. The Hall–Kier alpha value is -6.25. The highest BCUT2D eigenvalue weighted by Gasteiger charge is 2.20. The highest BCUT2D eigenvalue weighted by molar-refractivity contribution is 6.61. The van der Waals surface area contributed by atoms with E-state index in [0.717, 1.165) is 15.6 Å². The smallest absolute Gasteiger partial charge is 0.432 e. The van der Waals surface area contributed by atoms with E-state index in [4.69, 9.17) is 14.2 Å². The Labute approximate surface area is 355 Å². The lowest BCUT2D eigenvalue weighted by molar-refractivity contribution is -0.206. The van der Waals surface area contributed by atoms with Gasteiger partial charge >= 0.3 is 36.4 Å². The van der Waals surface area contributed by atoms with Gasteiger partial charge in [0.05, 0.1) is 65.1 Å². The lowest BCUT2D eigenvalue weighted by atomic mass is 10.0. The first-order valence-corrected chi connectivity index (χ1v) is 23.3. The van der Waals surface area contributed by atoms with Gasteiger partial charge in [0.15, 0.2) is 0 Å². The minimum absolute atomic E-state index is 0.00919. The van der Waals surface area contributed by atoms with Crippen LogP contribution in [-0.2, 0) is 43.5 Å². The van der Waals surface area contributed by atoms with Gasteiger partial charge in [-0.2, -0.15) is 14.4 Å². The zero-order valence-electron chi connectivity index (χ0n) is 34.5. The summed E-state index contributed by atoms with van der Waals surface area (Å²) in [5.41, 5.74) is 0.495. The molecule has 15 nitrogen and oxygen atoms in total. The molecule has 0 aromatic heterocycles. The van der Waals surface area contributed by atoms with Crippen LogP contribution in [0.4, 0.5) is 14.4 Å². The maximum atomic E-state index is 12.4. The third kappa shape index (κ3) is 18.1. The molecule has 60 heavy (non-hydrogen) atoms. The Morgan fingerprint density at radius 3 is 1.02 bits per heavy atom. The van der Waals surface area contributed by atoms with Crippen LogP contribution in [0.15, 0.2) is 107 Å². The summed E-state index contributed by atoms with van der Waals surface area (Å²) in [4.78, 5) is 101. The SMILES string of the molecule is CC=C(C)[SiH2]c1ccc(C(=O)OOC(=O)OCCC(CCOC(=O)OOC(=O)c2ccc([SiH2]C(C)=CC)cc2)COC(=O)OOC(=O)c2ccc([SiH2]C(C)=CC)cc2)cc1. The fourth-order valence-corrected chi connectivity index (χ4v) is 9.05. The summed E-state index contributed by atoms with van der Waals surface area (Å²) in [6.45, 7) is 11.0. The Balaban J connectivity index is 1.48. The van der Waals surface area contributed by atoms with Crippen molar-refractivity contribution in [2.45, 2.75) is 54.4 Å². The predicted molar refractivity (Wildman–Crippen MR) is 228 cm³/mol. The Bertz CT molecular complexity index is 1910. The van der Waals surface area contributed by atoms with Crippen molar-refractivity contribution in [3.05, 3.63) is 123 Å². The van der Waals surface area contributed by atoms with E-state index in [9.17, 15) is 28.8 Å². The van der Waals surface area contributed by atoms with Crippen LogP contribution in [0, 0.1) is 5.92 Å². The Kier molecular flexibility index (Phi) is 20.8. The van der Waals surface area contributed by atoms with Gasteiger partial charge in [0.1, 0.15) is 0 Å². The number of carbonyl (C=O) groups is 6. The van der Waals surface area contributed by atoms with Crippen LogP contribution in [0.25, 0.3) is 0 Å². The van der Waals surface area contributed by atoms with Crippen LogP contribution in [0.1, 0.15) is 85.5 Å². The van der Waals surface area contributed by atoms with Crippen LogP contribution in [0.3, 0.4) is 0 Å². The molecule has 0 unspecified atom stereocenters. The summed E-state index contributed by atoms with van der Waals surface area (Å²) in [5, 5.41) is 7.22. The largest absolute Gasteiger partial charge is 0.549 e. The Morgan fingerprint density at radius 1 is 0.450 bits per heavy atom. The quantitative estimate of drug-likeness (QED) is 0.0614. The first-order chi connectivity index (χ1) is 28.8. The molecule has 0 spiro atoms. The van der Waals surface area contributed by atoms with E-state index in [-0.39, 0.29) is 49.4 Å². The van der Waals surface area contributed by atoms with Gasteiger partial charge in [0.25, 0.3) is 0 Å². The fraction of sp³-hybridized carbons (Fsp3) is 0.286. The average Bonchev–Trinajstić information content (AvgIpc) is 3.25. The molecular formula is C42H50O15Si3. The molecule has 0 heterocycles. The number of hydrogen-bond acceptors (Lipinski definition) is 15. The molecule has 320 valence electrons. The topological polar surface area (TPSA) is 185 Å². The maximum Gasteiger partial charge on any atom is 0.549 e. The molecule has 3 rings (SSSR count). The summed E-state index contributed by atoms with van der Waals surface area (Å²) in [5.74, 6) is -3.39. The van der Waals surface area contributed by atoms with Crippen molar-refractivity contribution in [1.82, 2.24) is 0 Å². The summed E-state index contributed by atoms with van der Waals surface area (Å²) in [6.07, 6.45) is 2.18. The summed E-state index contributed by atoms with van der Waals surface area (Å²) in [6, 6.07) is 20.3. The second-order valence-electron chi connectivity index (χ2n) is 13.6. The van der Waals surface area contributed by atoms with Crippen molar-refractivity contribution in [3.8, 4) is 0 Å². The van der Waals surface area contributed by atoms with E-state index in [2.05, 4.69) is 29.3 Å². The average molecular weight is 879 g/mol. The van der Waals surface area contributed by atoms with E-state index in [1.807, 2.05) is 96.2 Å². The van der Waals surface area contributed by atoms with E-state index >= 15 is 0 Å². The lowest BCUT2D eigenvalue weighted by Gasteiger charge is -2.16. The van der Waals surface area contributed by atoms with E-state index in [0.29, 0.717) is 0 Å². The van der Waals surface area contributed by atoms with Gasteiger partial charge in [0, 0.05) is 0 Å². The third-order valence-electron chi connectivity index (χ3n) is 8.98. The van der Waals surface area contributed by atoms with Crippen molar-refractivity contribution in [1.29, 1.82) is 0 Å². The van der Waals surface area contributed by atoms with Gasteiger partial charge in [-0.15, -0.1) is 0 Å². The van der Waals surface area contributed by atoms with Gasteiger partial charge in [-0.05, 0) is 96.7 Å². The van der Waals surface area contributed by atoms with Crippen LogP contribution in [-0.4, -0.2) is 84.8 Å². The third-order valence-corrected chi connectivity index (χ3v) is 14.5. The molecule has 0 saturated carbocycles. The molecule has 3 aromatic rings. The Morgan fingerprint density at radius 2 is 0.733 bits per heavy atom. The highest BCUT2D eigenvalue weighted by Crippen LogP contribution is 2.13. The zero-order chi connectivity index (χ0) is 43.9. The summed E-state index contributed by atoms with van der Waals surface area (Å²) < 4.78 is 15.1. The molecule has 0 N–H and O–H groups in total. The van der Waals surface area contributed by atoms with E-state index in [1.165, 1.54) is 15.6 Å². The fourth-order valence-electron chi connectivity index (χ4n) is 5.09. The molecule has 0 aliphatic heterocycles. The molecule has 0 amide bonds. The molecule has 0 bridgehead atoms. The van der Waals surface area contributed by atoms with Gasteiger partial charge < -0.3 is 14.2 Å². The van der Waals surface area contributed by atoms with Crippen LogP contribution < -0.4 is 15.6 Å². The minimum Gasteiger partial charge on any atom is -0.432 e. The van der Waals surface area contributed by atoms with Crippen molar-refractivity contribution in [2.24, 2.45) is 5.92 Å². The van der Waals surface area contributed by atoms with Crippen LogP contribution >= 0.6 is 0 Å². The molecule has 0 aliphatic rings. The van der Waals surface area contributed by atoms with Crippen molar-refractivity contribution < 1.29 is 72.3 Å². The normalized spacial score (nSPS) is 12.6.